The molecule has 100 valence electrons. The van der Waals surface area contributed by atoms with E-state index in [0.717, 1.165) is 0 Å². The van der Waals surface area contributed by atoms with Crippen LogP contribution in [0.25, 0.3) is 0 Å². The lowest BCUT2D eigenvalue weighted by Gasteiger charge is -2.34. The average molecular weight is 253 g/mol. The van der Waals surface area contributed by atoms with Crippen molar-refractivity contribution in [3.8, 4) is 0 Å². The molecule has 0 bridgehead atoms. The average Bonchev–Trinajstić information content (AvgIpc) is 2.51. The summed E-state index contributed by atoms with van der Waals surface area (Å²) in [4.78, 5) is 24.6. The molecule has 0 fully saturated rings. The first-order valence-corrected chi connectivity index (χ1v) is 5.73. The Kier molecular flexibility index (Phi) is 3.84. The van der Waals surface area contributed by atoms with Crippen molar-refractivity contribution in [1.29, 1.82) is 0 Å². The van der Waals surface area contributed by atoms with E-state index in [1.807, 2.05) is 0 Å². The third kappa shape index (κ3) is 3.12. The fourth-order valence-corrected chi connectivity index (χ4v) is 1.74. The van der Waals surface area contributed by atoms with Gasteiger partial charge in [0.25, 0.3) is 5.91 Å². The highest BCUT2D eigenvalue weighted by molar-refractivity contribution is 5.97. The minimum atomic E-state index is -1.03. The van der Waals surface area contributed by atoms with Crippen LogP contribution in [0.2, 0.25) is 0 Å². The molecule has 0 saturated carbocycles. The molecule has 5 heteroatoms. The molecule has 5 nitrogen and oxygen atoms in total. The van der Waals surface area contributed by atoms with E-state index in [2.05, 4.69) is 0 Å². The van der Waals surface area contributed by atoms with E-state index in [1.54, 1.807) is 40.7 Å². The van der Waals surface area contributed by atoms with Crippen LogP contribution in [-0.4, -0.2) is 34.0 Å². The van der Waals surface area contributed by atoms with Gasteiger partial charge in [-0.2, -0.15) is 0 Å². The maximum absolute atomic E-state index is 12.4. The van der Waals surface area contributed by atoms with Crippen molar-refractivity contribution < 1.29 is 19.1 Å². The molecular weight excluding hydrogens is 234 g/mol. The first-order valence-electron chi connectivity index (χ1n) is 5.73. The number of rotatable bonds is 3. The molecule has 0 aliphatic rings. The van der Waals surface area contributed by atoms with E-state index in [9.17, 15) is 9.59 Å². The van der Waals surface area contributed by atoms with Gasteiger partial charge in [-0.1, -0.05) is 0 Å². The number of aryl methyl sites for hydroxylation is 2. The molecule has 1 heterocycles. The van der Waals surface area contributed by atoms with Gasteiger partial charge in [0.05, 0.1) is 5.56 Å². The summed E-state index contributed by atoms with van der Waals surface area (Å²) in [6, 6.07) is 1.64. The highest BCUT2D eigenvalue weighted by Crippen LogP contribution is 2.21. The van der Waals surface area contributed by atoms with Crippen LogP contribution >= 0.6 is 0 Å². The van der Waals surface area contributed by atoms with E-state index >= 15 is 0 Å². The highest BCUT2D eigenvalue weighted by Gasteiger charge is 2.31. The van der Waals surface area contributed by atoms with Crippen molar-refractivity contribution in [2.24, 2.45) is 0 Å². The summed E-state index contributed by atoms with van der Waals surface area (Å²) in [5, 5.41) is 8.90. The molecule has 18 heavy (non-hydrogen) atoms. The Morgan fingerprint density at radius 2 is 1.89 bits per heavy atom. The molecule has 0 unspecified atom stereocenters. The molecular formula is C13H19NO4. The predicted molar refractivity (Wildman–Crippen MR) is 66.6 cm³/mol. The molecule has 1 aromatic heterocycles. The van der Waals surface area contributed by atoms with Gasteiger partial charge in [0.15, 0.2) is 0 Å². The predicted octanol–water partition coefficient (Wildman–Crippen LogP) is 2.22. The second-order valence-corrected chi connectivity index (χ2v) is 5.28. The number of carboxylic acid groups (broad SMARTS) is 1. The Morgan fingerprint density at radius 1 is 1.33 bits per heavy atom. The number of aliphatic carboxylic acids is 1. The van der Waals surface area contributed by atoms with Crippen molar-refractivity contribution in [1.82, 2.24) is 4.90 Å². The van der Waals surface area contributed by atoms with Crippen molar-refractivity contribution in [3.05, 3.63) is 23.2 Å². The van der Waals surface area contributed by atoms with Crippen LogP contribution in [0.1, 0.15) is 42.6 Å². The SMILES string of the molecule is Cc1cc(C(=O)N(CC(=O)O)C(C)(C)C)c(C)o1. The van der Waals surface area contributed by atoms with Crippen molar-refractivity contribution >= 4 is 11.9 Å². The number of carbonyl (C=O) groups excluding carboxylic acids is 1. The Balaban J connectivity index is 3.10. The maximum atomic E-state index is 12.4. The molecule has 1 N–H and O–H groups in total. The zero-order valence-corrected chi connectivity index (χ0v) is 11.4. The number of hydrogen-bond acceptors (Lipinski definition) is 3. The molecule has 0 spiro atoms. The van der Waals surface area contributed by atoms with E-state index in [1.165, 1.54) is 4.90 Å². The summed E-state index contributed by atoms with van der Waals surface area (Å²) >= 11 is 0. The molecule has 0 atom stereocenters. The lowest BCUT2D eigenvalue weighted by molar-refractivity contribution is -0.138. The minimum Gasteiger partial charge on any atom is -0.480 e. The summed E-state index contributed by atoms with van der Waals surface area (Å²) in [7, 11) is 0. The Bertz CT molecular complexity index is 468. The number of hydrogen-bond donors (Lipinski definition) is 1. The zero-order chi connectivity index (χ0) is 14.1. The number of carbonyl (C=O) groups is 2. The van der Waals surface area contributed by atoms with Crippen LogP contribution in [-0.2, 0) is 4.79 Å². The third-order valence-electron chi connectivity index (χ3n) is 2.62. The van der Waals surface area contributed by atoms with Crippen LogP contribution in [0.5, 0.6) is 0 Å². The van der Waals surface area contributed by atoms with Gasteiger partial charge in [-0.25, -0.2) is 0 Å². The van der Waals surface area contributed by atoms with Gasteiger partial charge in [-0.3, -0.25) is 9.59 Å². The monoisotopic (exact) mass is 253 g/mol. The number of nitrogens with zero attached hydrogens (tertiary/aromatic N) is 1. The lowest BCUT2D eigenvalue weighted by atomic mass is 10.0. The van der Waals surface area contributed by atoms with Gasteiger partial charge in [0.1, 0.15) is 18.1 Å². The van der Waals surface area contributed by atoms with Crippen molar-refractivity contribution in [2.75, 3.05) is 6.54 Å². The highest BCUT2D eigenvalue weighted by atomic mass is 16.4. The van der Waals surface area contributed by atoms with E-state index in [-0.39, 0.29) is 12.5 Å². The van der Waals surface area contributed by atoms with Gasteiger partial charge in [0, 0.05) is 5.54 Å². The first kappa shape index (κ1) is 14.3. The number of furan rings is 1. The molecule has 1 amide bonds. The van der Waals surface area contributed by atoms with Crippen LogP contribution in [0.15, 0.2) is 10.5 Å². The Labute approximate surface area is 106 Å². The molecule has 0 aliphatic carbocycles. The van der Waals surface area contributed by atoms with E-state index < -0.39 is 11.5 Å². The van der Waals surface area contributed by atoms with Gasteiger partial charge >= 0.3 is 5.97 Å². The van der Waals surface area contributed by atoms with E-state index in [4.69, 9.17) is 9.52 Å². The first-order chi connectivity index (χ1) is 8.12. The summed E-state index contributed by atoms with van der Waals surface area (Å²) in [6.07, 6.45) is 0. The third-order valence-corrected chi connectivity index (χ3v) is 2.62. The normalized spacial score (nSPS) is 11.4. The summed E-state index contributed by atoms with van der Waals surface area (Å²) in [6.45, 7) is 8.53. The fourth-order valence-electron chi connectivity index (χ4n) is 1.74. The largest absolute Gasteiger partial charge is 0.480 e. The number of carboxylic acids is 1. The van der Waals surface area contributed by atoms with Crippen molar-refractivity contribution in [2.45, 2.75) is 40.2 Å². The van der Waals surface area contributed by atoms with Crippen molar-refractivity contribution in [3.63, 3.8) is 0 Å². The molecule has 0 aromatic carbocycles. The number of amides is 1. The second-order valence-electron chi connectivity index (χ2n) is 5.28. The topological polar surface area (TPSA) is 70.8 Å². The van der Waals surface area contributed by atoms with E-state index in [0.29, 0.717) is 17.1 Å². The van der Waals surface area contributed by atoms with Gasteiger partial charge in [-0.05, 0) is 40.7 Å². The summed E-state index contributed by atoms with van der Waals surface area (Å²) < 4.78 is 5.31. The smallest absolute Gasteiger partial charge is 0.323 e. The zero-order valence-electron chi connectivity index (χ0n) is 11.4. The standard InChI is InChI=1S/C13H19NO4/c1-8-6-10(9(2)18-8)12(17)14(7-11(15)16)13(3,4)5/h6H,7H2,1-5H3,(H,15,16). The maximum Gasteiger partial charge on any atom is 0.323 e. The lowest BCUT2D eigenvalue weighted by Crippen LogP contribution is -2.48. The molecule has 0 saturated heterocycles. The quantitative estimate of drug-likeness (QED) is 0.896. The van der Waals surface area contributed by atoms with Crippen LogP contribution in [0, 0.1) is 13.8 Å². The summed E-state index contributed by atoms with van der Waals surface area (Å²) in [5.74, 6) is -0.201. The van der Waals surface area contributed by atoms with Gasteiger partial charge in [-0.15, -0.1) is 0 Å². The molecule has 1 rings (SSSR count). The fraction of sp³-hybridized carbons (Fsp3) is 0.538. The van der Waals surface area contributed by atoms with Crippen LogP contribution < -0.4 is 0 Å². The van der Waals surface area contributed by atoms with Crippen LogP contribution in [0.3, 0.4) is 0 Å². The summed E-state index contributed by atoms with van der Waals surface area (Å²) in [5.41, 5.74) is -0.142. The van der Waals surface area contributed by atoms with Gasteiger partial charge in [0.2, 0.25) is 0 Å². The minimum absolute atomic E-state index is 0.320. The Hall–Kier alpha value is -1.78. The molecule has 1 aromatic rings. The second kappa shape index (κ2) is 4.84. The molecule has 0 aliphatic heterocycles. The van der Waals surface area contributed by atoms with Crippen LogP contribution in [0.4, 0.5) is 0 Å². The Morgan fingerprint density at radius 3 is 2.22 bits per heavy atom. The van der Waals surface area contributed by atoms with Gasteiger partial charge < -0.3 is 14.4 Å². The molecule has 0 radical (unpaired) electrons.